The lowest BCUT2D eigenvalue weighted by Crippen LogP contribution is -2.39. The molecule has 0 aromatic heterocycles. The smallest absolute Gasteiger partial charge is 0.236 e. The molecule has 5 heteroatoms. The second kappa shape index (κ2) is 7.70. The molecule has 1 unspecified atom stereocenters. The second-order valence-corrected chi connectivity index (χ2v) is 6.79. The van der Waals surface area contributed by atoms with E-state index in [2.05, 4.69) is 5.32 Å². The molecule has 0 fully saturated rings. The van der Waals surface area contributed by atoms with E-state index in [4.69, 9.17) is 11.6 Å². The largest absolute Gasteiger partial charge is 0.355 e. The third-order valence-corrected chi connectivity index (χ3v) is 4.65. The van der Waals surface area contributed by atoms with Crippen LogP contribution in [0.4, 0.5) is 5.69 Å². The highest BCUT2D eigenvalue weighted by molar-refractivity contribution is 6.30. The Bertz CT molecular complexity index is 791. The number of para-hydroxylation sites is 1. The highest BCUT2D eigenvalue weighted by Crippen LogP contribution is 2.32. The summed E-state index contributed by atoms with van der Waals surface area (Å²) in [6, 6.07) is 15.5. The Hall–Kier alpha value is -2.33. The fraction of sp³-hybridized carbons (Fsp3) is 0.300. The van der Waals surface area contributed by atoms with Crippen LogP contribution in [0, 0.1) is 0 Å². The molecule has 1 aliphatic heterocycles. The van der Waals surface area contributed by atoms with Gasteiger partial charge in [0, 0.05) is 23.3 Å². The van der Waals surface area contributed by atoms with Crippen molar-refractivity contribution in [3.63, 3.8) is 0 Å². The summed E-state index contributed by atoms with van der Waals surface area (Å²) < 4.78 is 0. The lowest BCUT2D eigenvalue weighted by Gasteiger charge is -2.22. The fourth-order valence-electron chi connectivity index (χ4n) is 3.27. The number of fused-ring (bicyclic) bond motifs is 1. The molecule has 1 N–H and O–H groups in total. The maximum atomic E-state index is 12.6. The Morgan fingerprint density at radius 2 is 2.00 bits per heavy atom. The second-order valence-electron chi connectivity index (χ2n) is 6.35. The summed E-state index contributed by atoms with van der Waals surface area (Å²) in [7, 11) is 0. The number of nitrogens with zero attached hydrogens (tertiary/aromatic N) is 1. The number of benzene rings is 2. The van der Waals surface area contributed by atoms with Gasteiger partial charge in [-0.3, -0.25) is 9.59 Å². The minimum absolute atomic E-state index is 0.0872. The van der Waals surface area contributed by atoms with Crippen molar-refractivity contribution in [1.29, 1.82) is 0 Å². The van der Waals surface area contributed by atoms with E-state index in [1.165, 1.54) is 0 Å². The Morgan fingerprint density at radius 1 is 1.20 bits per heavy atom. The molecule has 0 bridgehead atoms. The number of rotatable bonds is 5. The van der Waals surface area contributed by atoms with Gasteiger partial charge < -0.3 is 10.2 Å². The molecular formula is C20H21ClN2O2. The molecule has 0 aliphatic carbocycles. The first-order valence-corrected chi connectivity index (χ1v) is 8.83. The van der Waals surface area contributed by atoms with E-state index in [0.29, 0.717) is 18.0 Å². The summed E-state index contributed by atoms with van der Waals surface area (Å²) in [6.07, 6.45) is 1.38. The zero-order valence-electron chi connectivity index (χ0n) is 14.2. The molecule has 0 saturated carbocycles. The molecule has 2 aromatic rings. The van der Waals surface area contributed by atoms with Gasteiger partial charge in [0.15, 0.2) is 0 Å². The van der Waals surface area contributed by atoms with Crippen LogP contribution in [0.3, 0.4) is 0 Å². The van der Waals surface area contributed by atoms with Gasteiger partial charge in [-0.25, -0.2) is 0 Å². The van der Waals surface area contributed by atoms with Gasteiger partial charge in [-0.05, 0) is 49.1 Å². The molecule has 0 radical (unpaired) electrons. The number of anilines is 1. The fourth-order valence-corrected chi connectivity index (χ4v) is 3.48. The molecular weight excluding hydrogens is 336 g/mol. The summed E-state index contributed by atoms with van der Waals surface area (Å²) in [4.78, 5) is 26.4. The van der Waals surface area contributed by atoms with E-state index in [9.17, 15) is 9.59 Å². The molecule has 2 amide bonds. The first kappa shape index (κ1) is 17.5. The maximum Gasteiger partial charge on any atom is 0.236 e. The molecule has 2 aromatic carbocycles. The van der Waals surface area contributed by atoms with Crippen LogP contribution in [0.15, 0.2) is 48.5 Å². The van der Waals surface area contributed by atoms with Gasteiger partial charge in [0.2, 0.25) is 11.8 Å². The van der Waals surface area contributed by atoms with Crippen molar-refractivity contribution >= 4 is 29.1 Å². The van der Waals surface area contributed by atoms with Gasteiger partial charge in [0.05, 0.1) is 0 Å². The summed E-state index contributed by atoms with van der Waals surface area (Å²) in [6.45, 7) is 2.49. The summed E-state index contributed by atoms with van der Waals surface area (Å²) in [5.41, 5.74) is 3.14. The van der Waals surface area contributed by atoms with E-state index < -0.39 is 0 Å². The molecule has 4 nitrogen and oxygen atoms in total. The van der Waals surface area contributed by atoms with Crippen molar-refractivity contribution in [2.75, 3.05) is 11.4 Å². The molecule has 1 heterocycles. The Balaban J connectivity index is 1.52. The minimum Gasteiger partial charge on any atom is -0.355 e. The first-order chi connectivity index (χ1) is 12.0. The van der Waals surface area contributed by atoms with Gasteiger partial charge in [-0.1, -0.05) is 41.9 Å². The van der Waals surface area contributed by atoms with E-state index in [1.807, 2.05) is 55.5 Å². The van der Waals surface area contributed by atoms with E-state index in [0.717, 1.165) is 23.2 Å². The zero-order chi connectivity index (χ0) is 17.8. The summed E-state index contributed by atoms with van der Waals surface area (Å²) in [5, 5.41) is 3.50. The van der Waals surface area contributed by atoms with Crippen LogP contribution < -0.4 is 10.2 Å². The molecule has 0 spiro atoms. The number of carbonyl (C=O) groups excluding carboxylic acids is 2. The number of hydrogen-bond acceptors (Lipinski definition) is 2. The van der Waals surface area contributed by atoms with E-state index in [-0.39, 0.29) is 24.3 Å². The predicted octanol–water partition coefficient (Wildman–Crippen LogP) is 3.37. The third-order valence-electron chi connectivity index (χ3n) is 4.41. The molecule has 130 valence electrons. The average Bonchev–Trinajstić information content (AvgIpc) is 2.90. The zero-order valence-corrected chi connectivity index (χ0v) is 14.9. The highest BCUT2D eigenvalue weighted by Gasteiger charge is 2.31. The number of amides is 2. The third kappa shape index (κ3) is 4.20. The topological polar surface area (TPSA) is 49.4 Å². The van der Waals surface area contributed by atoms with Crippen LogP contribution in [-0.4, -0.2) is 24.4 Å². The van der Waals surface area contributed by atoms with Gasteiger partial charge >= 0.3 is 0 Å². The Kier molecular flexibility index (Phi) is 5.39. The summed E-state index contributed by atoms with van der Waals surface area (Å²) >= 11 is 5.95. The van der Waals surface area contributed by atoms with Crippen molar-refractivity contribution in [3.8, 4) is 0 Å². The van der Waals surface area contributed by atoms with Crippen molar-refractivity contribution in [3.05, 3.63) is 64.7 Å². The lowest BCUT2D eigenvalue weighted by atomic mass is 10.1. The average molecular weight is 357 g/mol. The molecule has 0 saturated heterocycles. The van der Waals surface area contributed by atoms with E-state index >= 15 is 0 Å². The van der Waals surface area contributed by atoms with E-state index in [1.54, 1.807) is 4.90 Å². The number of halogens is 1. The van der Waals surface area contributed by atoms with Gasteiger partial charge in [0.25, 0.3) is 0 Å². The molecule has 1 aliphatic rings. The van der Waals surface area contributed by atoms with Crippen molar-refractivity contribution in [2.24, 2.45) is 0 Å². The lowest BCUT2D eigenvalue weighted by molar-refractivity contribution is -0.128. The first-order valence-electron chi connectivity index (χ1n) is 8.45. The van der Waals surface area contributed by atoms with Crippen LogP contribution in [-0.2, 0) is 22.4 Å². The minimum atomic E-state index is -0.247. The van der Waals surface area contributed by atoms with Crippen molar-refractivity contribution in [2.45, 2.75) is 32.2 Å². The molecule has 3 rings (SSSR count). The standard InChI is InChI=1S/C20H21ClN2O2/c1-14-11-16-6-2-3-8-18(16)23(14)20(25)13-19(24)22-10-9-15-5-4-7-17(21)12-15/h2-8,12,14H,9-11,13H2,1H3,(H,22,24). The van der Waals surface area contributed by atoms with Crippen molar-refractivity contribution in [1.82, 2.24) is 5.32 Å². The van der Waals surface area contributed by atoms with Crippen molar-refractivity contribution < 1.29 is 9.59 Å². The van der Waals surface area contributed by atoms with Gasteiger partial charge in [-0.15, -0.1) is 0 Å². The van der Waals surface area contributed by atoms with Crippen LogP contribution in [0.25, 0.3) is 0 Å². The SMILES string of the molecule is CC1Cc2ccccc2N1C(=O)CC(=O)NCCc1cccc(Cl)c1. The number of hydrogen-bond donors (Lipinski definition) is 1. The molecule has 25 heavy (non-hydrogen) atoms. The Morgan fingerprint density at radius 3 is 2.80 bits per heavy atom. The van der Waals surface area contributed by atoms with Crippen LogP contribution in [0.1, 0.15) is 24.5 Å². The van der Waals surface area contributed by atoms with Crippen LogP contribution in [0.2, 0.25) is 5.02 Å². The predicted molar refractivity (Wildman–Crippen MR) is 99.9 cm³/mol. The van der Waals surface area contributed by atoms with Gasteiger partial charge in [0.1, 0.15) is 6.42 Å². The van der Waals surface area contributed by atoms with Crippen LogP contribution in [0.5, 0.6) is 0 Å². The van der Waals surface area contributed by atoms with Gasteiger partial charge in [-0.2, -0.15) is 0 Å². The highest BCUT2D eigenvalue weighted by atomic mass is 35.5. The Labute approximate surface area is 152 Å². The monoisotopic (exact) mass is 356 g/mol. The maximum absolute atomic E-state index is 12.6. The summed E-state index contributed by atoms with van der Waals surface area (Å²) in [5.74, 6) is -0.402. The normalized spacial score (nSPS) is 15.8. The van der Waals surface area contributed by atoms with Crippen LogP contribution >= 0.6 is 11.6 Å². The number of nitrogens with one attached hydrogen (secondary N) is 1. The molecule has 1 atom stereocenters. The quantitative estimate of drug-likeness (QED) is 0.835. The number of carbonyl (C=O) groups is 2.